The molecule has 0 spiro atoms. The molecule has 0 saturated heterocycles. The number of hydrogen-bond donors (Lipinski definition) is 2. The Morgan fingerprint density at radius 1 is 1.18 bits per heavy atom. The Morgan fingerprint density at radius 3 is 2.27 bits per heavy atom. The van der Waals surface area contributed by atoms with Gasteiger partial charge in [0.05, 0.1) is 0 Å². The zero-order valence-electron chi connectivity index (χ0n) is 7.98. The summed E-state index contributed by atoms with van der Waals surface area (Å²) < 4.78 is 0. The maximum Gasteiger partial charge on any atom is -0.00411 e. The monoisotopic (exact) mass is 175 g/mol. The molecule has 0 rings (SSSR count). The second-order valence-electron chi connectivity index (χ2n) is 4.14. The SMILES string of the molecule is CC(C)(C)CCNCCCS. The molecular formula is C9H21NS. The lowest BCUT2D eigenvalue weighted by Gasteiger charge is -2.17. The average molecular weight is 175 g/mol. The molecule has 1 nitrogen and oxygen atoms in total. The molecule has 11 heavy (non-hydrogen) atoms. The van der Waals surface area contributed by atoms with E-state index in [-0.39, 0.29) is 0 Å². The van der Waals surface area contributed by atoms with Crippen molar-refractivity contribution < 1.29 is 0 Å². The van der Waals surface area contributed by atoms with Crippen LogP contribution >= 0.6 is 12.6 Å². The van der Waals surface area contributed by atoms with Crippen LogP contribution in [0.5, 0.6) is 0 Å². The molecule has 0 amide bonds. The molecule has 0 aromatic rings. The first-order valence-electron chi connectivity index (χ1n) is 4.38. The fraction of sp³-hybridized carbons (Fsp3) is 1.00. The van der Waals surface area contributed by atoms with E-state index in [2.05, 4.69) is 38.7 Å². The number of hydrogen-bond acceptors (Lipinski definition) is 2. The third kappa shape index (κ3) is 10.3. The normalized spacial score (nSPS) is 12.0. The standard InChI is InChI=1S/C9H21NS/c1-9(2,3)5-7-10-6-4-8-11/h10-11H,4-8H2,1-3H3. The molecule has 0 radical (unpaired) electrons. The first-order valence-corrected chi connectivity index (χ1v) is 5.01. The van der Waals surface area contributed by atoms with E-state index in [9.17, 15) is 0 Å². The summed E-state index contributed by atoms with van der Waals surface area (Å²) in [6.45, 7) is 9.06. The van der Waals surface area contributed by atoms with Crippen LogP contribution in [0.15, 0.2) is 0 Å². The molecule has 0 heterocycles. The summed E-state index contributed by atoms with van der Waals surface area (Å²) in [5, 5.41) is 3.39. The molecule has 0 saturated carbocycles. The molecule has 0 aliphatic rings. The summed E-state index contributed by atoms with van der Waals surface area (Å²) in [7, 11) is 0. The summed E-state index contributed by atoms with van der Waals surface area (Å²) in [5.74, 6) is 0.989. The van der Waals surface area contributed by atoms with Gasteiger partial charge in [-0.25, -0.2) is 0 Å². The number of thiol groups is 1. The Labute approximate surface area is 76.4 Å². The van der Waals surface area contributed by atoms with Crippen LogP contribution in [0.4, 0.5) is 0 Å². The lowest BCUT2D eigenvalue weighted by molar-refractivity contribution is 0.367. The molecule has 0 unspecified atom stereocenters. The van der Waals surface area contributed by atoms with E-state index in [1.54, 1.807) is 0 Å². The van der Waals surface area contributed by atoms with E-state index in [1.807, 2.05) is 0 Å². The first-order chi connectivity index (χ1) is 5.06. The Balaban J connectivity index is 3.02. The van der Waals surface area contributed by atoms with Crippen LogP contribution in [0.3, 0.4) is 0 Å². The fourth-order valence-electron chi connectivity index (χ4n) is 0.792. The molecule has 0 aliphatic carbocycles. The molecular weight excluding hydrogens is 154 g/mol. The highest BCUT2D eigenvalue weighted by Crippen LogP contribution is 2.16. The van der Waals surface area contributed by atoms with Gasteiger partial charge in [0.2, 0.25) is 0 Å². The zero-order chi connectivity index (χ0) is 8.74. The minimum atomic E-state index is 0.466. The number of rotatable bonds is 5. The van der Waals surface area contributed by atoms with Crippen molar-refractivity contribution in [2.75, 3.05) is 18.8 Å². The van der Waals surface area contributed by atoms with Gasteiger partial charge in [-0.15, -0.1) is 0 Å². The van der Waals surface area contributed by atoms with Gasteiger partial charge in [0, 0.05) is 0 Å². The van der Waals surface area contributed by atoms with E-state index >= 15 is 0 Å². The molecule has 2 heteroatoms. The molecule has 0 aliphatic heterocycles. The summed E-state index contributed by atoms with van der Waals surface area (Å²) in [5.41, 5.74) is 0.466. The first kappa shape index (κ1) is 11.3. The predicted molar refractivity (Wildman–Crippen MR) is 55.4 cm³/mol. The van der Waals surface area contributed by atoms with Crippen LogP contribution < -0.4 is 5.32 Å². The van der Waals surface area contributed by atoms with Crippen LogP contribution in [0.1, 0.15) is 33.6 Å². The van der Waals surface area contributed by atoms with Crippen LogP contribution in [-0.2, 0) is 0 Å². The van der Waals surface area contributed by atoms with Gasteiger partial charge in [-0.3, -0.25) is 0 Å². The van der Waals surface area contributed by atoms with E-state index in [1.165, 1.54) is 12.8 Å². The lowest BCUT2D eigenvalue weighted by Crippen LogP contribution is -2.21. The fourth-order valence-corrected chi connectivity index (χ4v) is 0.951. The van der Waals surface area contributed by atoms with Crippen molar-refractivity contribution in [1.82, 2.24) is 5.32 Å². The van der Waals surface area contributed by atoms with Crippen molar-refractivity contribution in [1.29, 1.82) is 0 Å². The van der Waals surface area contributed by atoms with Gasteiger partial charge in [0.1, 0.15) is 0 Å². The van der Waals surface area contributed by atoms with E-state index in [4.69, 9.17) is 0 Å². The Morgan fingerprint density at radius 2 is 1.82 bits per heavy atom. The van der Waals surface area contributed by atoms with Crippen LogP contribution in [0.25, 0.3) is 0 Å². The van der Waals surface area contributed by atoms with Gasteiger partial charge < -0.3 is 5.32 Å². The second-order valence-corrected chi connectivity index (χ2v) is 4.59. The van der Waals surface area contributed by atoms with Crippen molar-refractivity contribution in [3.63, 3.8) is 0 Å². The van der Waals surface area contributed by atoms with Gasteiger partial charge in [0.15, 0.2) is 0 Å². The van der Waals surface area contributed by atoms with Gasteiger partial charge in [-0.05, 0) is 37.1 Å². The molecule has 0 aromatic heterocycles. The van der Waals surface area contributed by atoms with Crippen LogP contribution in [0, 0.1) is 5.41 Å². The molecule has 0 fully saturated rings. The van der Waals surface area contributed by atoms with Gasteiger partial charge in [-0.1, -0.05) is 20.8 Å². The topological polar surface area (TPSA) is 12.0 Å². The molecule has 0 bridgehead atoms. The summed E-state index contributed by atoms with van der Waals surface area (Å²) in [4.78, 5) is 0. The average Bonchev–Trinajstić information content (AvgIpc) is 1.85. The Kier molecular flexibility index (Phi) is 6.06. The van der Waals surface area contributed by atoms with E-state index in [0.717, 1.165) is 18.8 Å². The Hall–Kier alpha value is 0.310. The second kappa shape index (κ2) is 5.90. The zero-order valence-corrected chi connectivity index (χ0v) is 8.88. The van der Waals surface area contributed by atoms with Crippen LogP contribution in [0.2, 0.25) is 0 Å². The summed E-state index contributed by atoms with van der Waals surface area (Å²) in [6, 6.07) is 0. The molecule has 0 aromatic carbocycles. The quantitative estimate of drug-likeness (QED) is 0.483. The molecule has 1 N–H and O–H groups in total. The van der Waals surface area contributed by atoms with Crippen molar-refractivity contribution in [3.8, 4) is 0 Å². The van der Waals surface area contributed by atoms with Crippen molar-refractivity contribution >= 4 is 12.6 Å². The maximum atomic E-state index is 4.14. The Bertz CT molecular complexity index is 86.1. The predicted octanol–water partition coefficient (Wildman–Crippen LogP) is 2.33. The highest BCUT2D eigenvalue weighted by molar-refractivity contribution is 7.80. The largest absolute Gasteiger partial charge is 0.317 e. The van der Waals surface area contributed by atoms with E-state index < -0.39 is 0 Å². The minimum absolute atomic E-state index is 0.466. The third-order valence-electron chi connectivity index (χ3n) is 1.56. The van der Waals surface area contributed by atoms with Gasteiger partial charge >= 0.3 is 0 Å². The third-order valence-corrected chi connectivity index (χ3v) is 1.88. The molecule has 0 atom stereocenters. The highest BCUT2D eigenvalue weighted by atomic mass is 32.1. The number of nitrogens with one attached hydrogen (secondary N) is 1. The van der Waals surface area contributed by atoms with Crippen molar-refractivity contribution in [2.24, 2.45) is 5.41 Å². The van der Waals surface area contributed by atoms with E-state index in [0.29, 0.717) is 5.41 Å². The molecule has 68 valence electrons. The smallest absolute Gasteiger partial charge is 0.00411 e. The van der Waals surface area contributed by atoms with Gasteiger partial charge in [-0.2, -0.15) is 12.6 Å². The summed E-state index contributed by atoms with van der Waals surface area (Å²) in [6.07, 6.45) is 2.42. The summed E-state index contributed by atoms with van der Waals surface area (Å²) >= 11 is 4.14. The minimum Gasteiger partial charge on any atom is -0.317 e. The van der Waals surface area contributed by atoms with Crippen molar-refractivity contribution in [3.05, 3.63) is 0 Å². The highest BCUT2D eigenvalue weighted by Gasteiger charge is 2.07. The maximum absolute atomic E-state index is 4.14. The van der Waals surface area contributed by atoms with Gasteiger partial charge in [0.25, 0.3) is 0 Å². The lowest BCUT2D eigenvalue weighted by atomic mass is 9.92. The van der Waals surface area contributed by atoms with Crippen LogP contribution in [-0.4, -0.2) is 18.8 Å². The van der Waals surface area contributed by atoms with Crippen molar-refractivity contribution in [2.45, 2.75) is 33.6 Å².